The van der Waals surface area contributed by atoms with E-state index in [2.05, 4.69) is 0 Å². The molecule has 1 aliphatic rings. The summed E-state index contributed by atoms with van der Waals surface area (Å²) in [6.45, 7) is 4.42. The van der Waals surface area contributed by atoms with E-state index in [1.807, 2.05) is 0 Å². The van der Waals surface area contributed by atoms with E-state index >= 15 is 0 Å². The molecule has 0 N–H and O–H groups in total. The van der Waals surface area contributed by atoms with Crippen molar-refractivity contribution in [1.29, 1.82) is 0 Å². The number of rotatable bonds is 6. The Morgan fingerprint density at radius 3 is 2.07 bits per heavy atom. The second-order valence-electron chi connectivity index (χ2n) is 7.12. The van der Waals surface area contributed by atoms with E-state index in [0.29, 0.717) is 0 Å². The Bertz CT molecular complexity index is 921. The monoisotopic (exact) mass is 432 g/mol. The zero-order chi connectivity index (χ0) is 21.3. The molecule has 158 valence electrons. The molecule has 11 heteroatoms. The molecule has 0 atom stereocenters. The first-order chi connectivity index (χ1) is 12.9. The Hall–Kier alpha value is -1.53. The van der Waals surface area contributed by atoms with Gasteiger partial charge in [0, 0.05) is 58.9 Å². The molecule has 0 spiro atoms. The van der Waals surface area contributed by atoms with Gasteiger partial charge in [-0.15, -0.1) is 0 Å². The molecule has 1 aromatic carbocycles. The highest BCUT2D eigenvalue weighted by Gasteiger charge is 2.31. The molecular formula is C17H28N4O5S2. The molecule has 1 aromatic rings. The molecule has 1 heterocycles. The number of sulfonamides is 1. The molecular weight excluding hydrogens is 404 g/mol. The molecule has 28 heavy (non-hydrogen) atoms. The molecule has 2 rings (SSSR count). The van der Waals surface area contributed by atoms with E-state index in [0.717, 1.165) is 4.31 Å². The highest BCUT2D eigenvalue weighted by molar-refractivity contribution is 7.89. The largest absolute Gasteiger partial charge is 0.336 e. The Balaban J connectivity index is 2.17. The van der Waals surface area contributed by atoms with E-state index in [1.165, 1.54) is 41.9 Å². The lowest BCUT2D eigenvalue weighted by molar-refractivity contribution is 0.0695. The maximum Gasteiger partial charge on any atom is 0.281 e. The number of piperazine rings is 1. The van der Waals surface area contributed by atoms with Gasteiger partial charge in [0.2, 0.25) is 10.0 Å². The average Bonchev–Trinajstić information content (AvgIpc) is 2.66. The SMILES string of the molecule is CC(C)N(C)S(=O)(=O)c1cccc(C(=O)N2CCN(S(=O)(=O)N(C)C)CC2)c1. The smallest absolute Gasteiger partial charge is 0.281 e. The van der Waals surface area contributed by atoms with Gasteiger partial charge in [0.15, 0.2) is 0 Å². The minimum Gasteiger partial charge on any atom is -0.336 e. The molecule has 1 saturated heterocycles. The van der Waals surface area contributed by atoms with Gasteiger partial charge < -0.3 is 4.90 Å². The molecule has 9 nitrogen and oxygen atoms in total. The van der Waals surface area contributed by atoms with Crippen molar-refractivity contribution in [2.24, 2.45) is 0 Å². The minimum absolute atomic E-state index is 0.0587. The molecule has 0 saturated carbocycles. The fourth-order valence-corrected chi connectivity index (χ4v) is 5.27. The van der Waals surface area contributed by atoms with E-state index in [4.69, 9.17) is 0 Å². The number of amides is 1. The van der Waals surface area contributed by atoms with Crippen LogP contribution in [0.5, 0.6) is 0 Å². The topological polar surface area (TPSA) is 98.3 Å². The van der Waals surface area contributed by atoms with Crippen LogP contribution >= 0.6 is 0 Å². The Kier molecular flexibility index (Phi) is 6.87. The first kappa shape index (κ1) is 22.8. The number of hydrogen-bond acceptors (Lipinski definition) is 5. The molecule has 0 aliphatic carbocycles. The van der Waals surface area contributed by atoms with Crippen LogP contribution in [0.4, 0.5) is 0 Å². The first-order valence-electron chi connectivity index (χ1n) is 8.94. The summed E-state index contributed by atoms with van der Waals surface area (Å²) in [5.41, 5.74) is 0.266. The summed E-state index contributed by atoms with van der Waals surface area (Å²) in [6.07, 6.45) is 0. The van der Waals surface area contributed by atoms with E-state index in [-0.39, 0.29) is 48.6 Å². The van der Waals surface area contributed by atoms with Crippen LogP contribution in [0.25, 0.3) is 0 Å². The van der Waals surface area contributed by atoms with Crippen molar-refractivity contribution >= 4 is 26.1 Å². The quantitative estimate of drug-likeness (QED) is 0.643. The third-order valence-corrected chi connectivity index (χ3v) is 8.77. The number of benzene rings is 1. The van der Waals surface area contributed by atoms with Crippen molar-refractivity contribution in [3.63, 3.8) is 0 Å². The van der Waals surface area contributed by atoms with Crippen molar-refractivity contribution in [1.82, 2.24) is 17.8 Å². The van der Waals surface area contributed by atoms with Gasteiger partial charge in [0.25, 0.3) is 16.1 Å². The molecule has 0 bridgehead atoms. The lowest BCUT2D eigenvalue weighted by Gasteiger charge is -2.35. The van der Waals surface area contributed by atoms with Crippen LogP contribution < -0.4 is 0 Å². The van der Waals surface area contributed by atoms with Crippen molar-refractivity contribution in [2.45, 2.75) is 24.8 Å². The van der Waals surface area contributed by atoms with Gasteiger partial charge in [-0.1, -0.05) is 6.07 Å². The molecule has 0 unspecified atom stereocenters. The summed E-state index contributed by atoms with van der Waals surface area (Å²) in [5.74, 6) is -0.314. The van der Waals surface area contributed by atoms with Gasteiger partial charge in [0.1, 0.15) is 0 Å². The van der Waals surface area contributed by atoms with Crippen LogP contribution in [0.3, 0.4) is 0 Å². The average molecular weight is 433 g/mol. The maximum atomic E-state index is 12.8. The minimum atomic E-state index is -3.69. The molecule has 1 amide bonds. The van der Waals surface area contributed by atoms with Gasteiger partial charge in [0.05, 0.1) is 4.90 Å². The van der Waals surface area contributed by atoms with Gasteiger partial charge in [-0.3, -0.25) is 4.79 Å². The predicted molar refractivity (Wildman–Crippen MR) is 107 cm³/mol. The van der Waals surface area contributed by atoms with Gasteiger partial charge in [-0.2, -0.15) is 21.3 Å². The van der Waals surface area contributed by atoms with Crippen LogP contribution in [0.1, 0.15) is 24.2 Å². The fraction of sp³-hybridized carbons (Fsp3) is 0.588. The highest BCUT2D eigenvalue weighted by atomic mass is 32.2. The summed E-state index contributed by atoms with van der Waals surface area (Å²) >= 11 is 0. The summed E-state index contributed by atoms with van der Waals surface area (Å²) < 4.78 is 53.4. The zero-order valence-corrected chi connectivity index (χ0v) is 18.5. The van der Waals surface area contributed by atoms with Crippen LogP contribution in [-0.4, -0.2) is 93.9 Å². The zero-order valence-electron chi connectivity index (χ0n) is 16.9. The predicted octanol–water partition coefficient (Wildman–Crippen LogP) is 0.280. The van der Waals surface area contributed by atoms with Crippen molar-refractivity contribution in [3.8, 4) is 0 Å². The Labute approximate surface area is 167 Å². The molecule has 0 aromatic heterocycles. The van der Waals surface area contributed by atoms with Crippen LogP contribution in [0.2, 0.25) is 0 Å². The van der Waals surface area contributed by atoms with E-state index in [9.17, 15) is 21.6 Å². The number of nitrogens with zero attached hydrogens (tertiary/aromatic N) is 4. The van der Waals surface area contributed by atoms with Crippen molar-refractivity contribution in [3.05, 3.63) is 29.8 Å². The lowest BCUT2D eigenvalue weighted by Crippen LogP contribution is -2.53. The van der Waals surface area contributed by atoms with Crippen molar-refractivity contribution in [2.75, 3.05) is 47.3 Å². The normalized spacial score (nSPS) is 16.9. The van der Waals surface area contributed by atoms with Crippen LogP contribution in [0.15, 0.2) is 29.2 Å². The maximum absolute atomic E-state index is 12.8. The van der Waals surface area contributed by atoms with E-state index < -0.39 is 20.2 Å². The third-order valence-electron chi connectivity index (χ3n) is 4.80. The summed E-state index contributed by atoms with van der Waals surface area (Å²) in [5, 5.41) is 0. The number of hydrogen-bond donors (Lipinski definition) is 0. The molecule has 0 radical (unpaired) electrons. The van der Waals surface area contributed by atoms with Crippen molar-refractivity contribution < 1.29 is 21.6 Å². The summed E-state index contributed by atoms with van der Waals surface area (Å²) in [4.78, 5) is 14.4. The van der Waals surface area contributed by atoms with Gasteiger partial charge in [-0.05, 0) is 32.0 Å². The molecule has 1 aliphatic heterocycles. The summed E-state index contributed by atoms with van der Waals surface area (Å²) in [7, 11) is -2.78. The van der Waals surface area contributed by atoms with Gasteiger partial charge >= 0.3 is 0 Å². The second-order valence-corrected chi connectivity index (χ2v) is 11.3. The van der Waals surface area contributed by atoms with Crippen LogP contribution in [0, 0.1) is 0 Å². The second kappa shape index (κ2) is 8.46. The third kappa shape index (κ3) is 4.54. The van der Waals surface area contributed by atoms with Gasteiger partial charge in [-0.25, -0.2) is 8.42 Å². The Morgan fingerprint density at radius 2 is 1.57 bits per heavy atom. The summed E-state index contributed by atoms with van der Waals surface area (Å²) in [6, 6.07) is 5.74. The lowest BCUT2D eigenvalue weighted by atomic mass is 10.2. The number of carbonyl (C=O) groups excluding carboxylic acids is 1. The Morgan fingerprint density at radius 1 is 1.00 bits per heavy atom. The standard InChI is InChI=1S/C17H28N4O5S2/c1-14(2)19(5)27(23,24)16-8-6-7-15(13-16)17(22)20-9-11-21(12-10-20)28(25,26)18(3)4/h6-8,13-14H,9-12H2,1-5H3. The molecule has 1 fully saturated rings. The number of carbonyl (C=O) groups is 1. The van der Waals surface area contributed by atoms with E-state index in [1.54, 1.807) is 30.9 Å². The first-order valence-corrected chi connectivity index (χ1v) is 11.8. The highest BCUT2D eigenvalue weighted by Crippen LogP contribution is 2.19. The van der Waals surface area contributed by atoms with Crippen LogP contribution in [-0.2, 0) is 20.2 Å². The fourth-order valence-electron chi connectivity index (χ4n) is 2.77.